The summed E-state index contributed by atoms with van der Waals surface area (Å²) in [5.74, 6) is 0. The first-order valence-electron chi connectivity index (χ1n) is 10.2. The fourth-order valence-electron chi connectivity index (χ4n) is 3.72. The second-order valence-electron chi connectivity index (χ2n) is 7.87. The van der Waals surface area contributed by atoms with Crippen LogP contribution in [0, 0.1) is 24.0 Å². The van der Waals surface area contributed by atoms with Crippen LogP contribution in [-0.2, 0) is 16.4 Å². The number of piperazine rings is 1. The average molecular weight is 473 g/mol. The highest BCUT2D eigenvalue weighted by Crippen LogP contribution is 2.26. The van der Waals surface area contributed by atoms with Crippen LogP contribution in [0.2, 0.25) is 0 Å². The molecule has 168 valence electrons. The van der Waals surface area contributed by atoms with Gasteiger partial charge in [-0.1, -0.05) is 23.8 Å². The minimum atomic E-state index is -3.69. The molecule has 0 amide bonds. The Morgan fingerprint density at radius 3 is 2.41 bits per heavy atom. The molecule has 10 heteroatoms. The summed E-state index contributed by atoms with van der Waals surface area (Å²) in [6.45, 7) is 5.95. The van der Waals surface area contributed by atoms with Crippen LogP contribution in [0.15, 0.2) is 52.7 Å². The Morgan fingerprint density at radius 2 is 1.75 bits per heavy atom. The quantitative estimate of drug-likeness (QED) is 0.400. The van der Waals surface area contributed by atoms with E-state index in [1.54, 1.807) is 11.3 Å². The minimum Gasteiger partial charge on any atom is -0.345 e. The smallest absolute Gasteiger partial charge is 0.269 e. The number of hydrogen-bond acceptors (Lipinski definition) is 7. The number of hydrogen-bond donors (Lipinski definition) is 0. The van der Waals surface area contributed by atoms with Crippen molar-refractivity contribution in [1.82, 2.24) is 9.29 Å². The molecule has 1 saturated heterocycles. The first-order chi connectivity index (χ1) is 15.2. The highest BCUT2D eigenvalue weighted by molar-refractivity contribution is 7.89. The summed E-state index contributed by atoms with van der Waals surface area (Å²) in [6, 6.07) is 11.4. The Morgan fingerprint density at radius 1 is 1.06 bits per heavy atom. The van der Waals surface area contributed by atoms with Crippen molar-refractivity contribution in [3.8, 4) is 0 Å². The molecule has 0 unspecified atom stereocenters. The zero-order chi connectivity index (χ0) is 22.9. The summed E-state index contributed by atoms with van der Waals surface area (Å²) in [7, 11) is -3.69. The molecule has 0 atom stereocenters. The molecule has 2 aromatic carbocycles. The maximum atomic E-state index is 12.9. The van der Waals surface area contributed by atoms with Crippen LogP contribution in [0.5, 0.6) is 0 Å². The van der Waals surface area contributed by atoms with Gasteiger partial charge in [-0.3, -0.25) is 10.1 Å². The molecule has 4 rings (SSSR count). The molecule has 0 aliphatic carbocycles. The fraction of sp³-hybridized carbons (Fsp3) is 0.318. The van der Waals surface area contributed by atoms with Gasteiger partial charge in [-0.25, -0.2) is 13.4 Å². The van der Waals surface area contributed by atoms with Crippen molar-refractivity contribution in [2.24, 2.45) is 0 Å². The molecule has 0 N–H and O–H groups in total. The first-order valence-corrected chi connectivity index (χ1v) is 12.6. The average Bonchev–Trinajstić information content (AvgIpc) is 3.25. The number of benzene rings is 2. The molecule has 0 saturated carbocycles. The van der Waals surface area contributed by atoms with Gasteiger partial charge in [0.2, 0.25) is 10.0 Å². The van der Waals surface area contributed by atoms with Crippen LogP contribution in [0.3, 0.4) is 0 Å². The van der Waals surface area contributed by atoms with E-state index in [9.17, 15) is 18.5 Å². The van der Waals surface area contributed by atoms with Crippen LogP contribution >= 0.6 is 11.3 Å². The van der Waals surface area contributed by atoms with Crippen molar-refractivity contribution in [2.75, 3.05) is 31.1 Å². The van der Waals surface area contributed by atoms with Gasteiger partial charge in [-0.2, -0.15) is 4.31 Å². The Bertz CT molecular complexity index is 1230. The van der Waals surface area contributed by atoms with E-state index in [0.717, 1.165) is 17.2 Å². The van der Waals surface area contributed by atoms with Gasteiger partial charge >= 0.3 is 0 Å². The molecule has 32 heavy (non-hydrogen) atoms. The molecular weight excluding hydrogens is 448 g/mol. The van der Waals surface area contributed by atoms with E-state index in [2.05, 4.69) is 42.3 Å². The van der Waals surface area contributed by atoms with Crippen LogP contribution in [0.4, 0.5) is 10.8 Å². The van der Waals surface area contributed by atoms with Crippen LogP contribution in [0.1, 0.15) is 22.4 Å². The van der Waals surface area contributed by atoms with Gasteiger partial charge in [0.25, 0.3) is 5.69 Å². The standard InChI is InChI=1S/C22H24N4O4S2/c1-16-3-4-17(2)18(13-16)14-19-15-31-22(23-19)24-9-11-25(12-10-24)32(29,30)21-7-5-20(6-8-21)26(27)28/h3-8,13,15H,9-12,14H2,1-2H3. The number of rotatable bonds is 6. The van der Waals surface area contributed by atoms with E-state index in [4.69, 9.17) is 4.98 Å². The van der Waals surface area contributed by atoms with Gasteiger partial charge in [0.05, 0.1) is 15.5 Å². The second-order valence-corrected chi connectivity index (χ2v) is 10.6. The van der Waals surface area contributed by atoms with Gasteiger partial charge < -0.3 is 4.90 Å². The molecule has 3 aromatic rings. The predicted octanol–water partition coefficient (Wildman–Crippen LogP) is 3.77. The summed E-state index contributed by atoms with van der Waals surface area (Å²) < 4.78 is 27.2. The molecule has 0 bridgehead atoms. The number of nitro benzene ring substituents is 1. The normalized spacial score (nSPS) is 15.1. The van der Waals surface area contributed by atoms with Crippen LogP contribution in [0.25, 0.3) is 0 Å². The van der Waals surface area contributed by atoms with Crippen molar-refractivity contribution < 1.29 is 13.3 Å². The number of aryl methyl sites for hydroxylation is 2. The molecule has 1 fully saturated rings. The van der Waals surface area contributed by atoms with Gasteiger partial charge in [-0.05, 0) is 37.1 Å². The third-order valence-electron chi connectivity index (χ3n) is 5.61. The minimum absolute atomic E-state index is 0.0709. The topological polar surface area (TPSA) is 96.7 Å². The maximum absolute atomic E-state index is 12.9. The Kier molecular flexibility index (Phi) is 6.27. The number of nitro groups is 1. The summed E-state index contributed by atoms with van der Waals surface area (Å²) >= 11 is 1.58. The zero-order valence-corrected chi connectivity index (χ0v) is 19.5. The van der Waals surface area contributed by atoms with Crippen LogP contribution in [-0.4, -0.2) is 48.8 Å². The number of aromatic nitrogens is 1. The molecule has 2 heterocycles. The fourth-order valence-corrected chi connectivity index (χ4v) is 6.02. The van der Waals surface area contributed by atoms with Crippen LogP contribution < -0.4 is 4.90 Å². The lowest BCUT2D eigenvalue weighted by Crippen LogP contribution is -2.48. The third-order valence-corrected chi connectivity index (χ3v) is 8.47. The third kappa shape index (κ3) is 4.67. The highest BCUT2D eigenvalue weighted by atomic mass is 32.2. The maximum Gasteiger partial charge on any atom is 0.269 e. The molecular formula is C22H24N4O4S2. The lowest BCUT2D eigenvalue weighted by atomic mass is 10.0. The van der Waals surface area contributed by atoms with Crippen molar-refractivity contribution >= 4 is 32.2 Å². The second kappa shape index (κ2) is 8.97. The molecule has 8 nitrogen and oxygen atoms in total. The Labute approximate surface area is 191 Å². The first kappa shape index (κ1) is 22.4. The van der Waals surface area contributed by atoms with E-state index in [1.807, 2.05) is 0 Å². The molecule has 1 aromatic heterocycles. The van der Waals surface area contributed by atoms with Gasteiger partial charge in [0.1, 0.15) is 0 Å². The van der Waals surface area contributed by atoms with Crippen molar-refractivity contribution in [3.05, 3.63) is 80.3 Å². The number of sulfonamides is 1. The van der Waals surface area contributed by atoms with Crippen molar-refractivity contribution in [2.45, 2.75) is 25.2 Å². The van der Waals surface area contributed by atoms with E-state index < -0.39 is 14.9 Å². The van der Waals surface area contributed by atoms with Crippen molar-refractivity contribution in [1.29, 1.82) is 0 Å². The van der Waals surface area contributed by atoms with Gasteiger partial charge in [0.15, 0.2) is 5.13 Å². The van der Waals surface area contributed by atoms with E-state index in [0.29, 0.717) is 26.2 Å². The SMILES string of the molecule is Cc1ccc(C)c(Cc2csc(N3CCN(S(=O)(=O)c4ccc([N+](=O)[O-])cc4)CC3)n2)c1. The molecule has 1 aliphatic heterocycles. The Balaban J connectivity index is 1.40. The molecule has 0 spiro atoms. The van der Waals surface area contributed by atoms with Gasteiger partial charge in [0, 0.05) is 50.1 Å². The summed E-state index contributed by atoms with van der Waals surface area (Å²) in [6.07, 6.45) is 0.776. The number of non-ortho nitro benzene ring substituents is 1. The summed E-state index contributed by atoms with van der Waals surface area (Å²) in [5.41, 5.74) is 4.62. The number of nitrogens with zero attached hydrogens (tertiary/aromatic N) is 4. The predicted molar refractivity (Wildman–Crippen MR) is 125 cm³/mol. The largest absolute Gasteiger partial charge is 0.345 e. The van der Waals surface area contributed by atoms with E-state index >= 15 is 0 Å². The molecule has 0 radical (unpaired) electrons. The van der Waals surface area contributed by atoms with Gasteiger partial charge in [-0.15, -0.1) is 11.3 Å². The summed E-state index contributed by atoms with van der Waals surface area (Å²) in [4.78, 5) is 17.2. The number of thiazole rings is 1. The zero-order valence-electron chi connectivity index (χ0n) is 17.9. The van der Waals surface area contributed by atoms with E-state index in [1.165, 1.54) is 45.3 Å². The number of anilines is 1. The lowest BCUT2D eigenvalue weighted by molar-refractivity contribution is -0.384. The highest BCUT2D eigenvalue weighted by Gasteiger charge is 2.29. The monoisotopic (exact) mass is 472 g/mol. The Hall–Kier alpha value is -2.82. The lowest BCUT2D eigenvalue weighted by Gasteiger charge is -2.33. The van der Waals surface area contributed by atoms with Crippen molar-refractivity contribution in [3.63, 3.8) is 0 Å². The molecule has 1 aliphatic rings. The summed E-state index contributed by atoms with van der Waals surface area (Å²) in [5, 5.41) is 13.8. The van der Waals surface area contributed by atoms with E-state index in [-0.39, 0.29) is 10.6 Å².